The van der Waals surface area contributed by atoms with Crippen molar-refractivity contribution in [2.45, 2.75) is 57.0 Å². The Morgan fingerprint density at radius 2 is 1.88 bits per heavy atom. The number of hydrogen-bond donors (Lipinski definition) is 2. The molecular weight excluding hydrogens is 438 g/mol. The van der Waals surface area contributed by atoms with Gasteiger partial charge in [-0.15, -0.1) is 10.2 Å². The highest BCUT2D eigenvalue weighted by molar-refractivity contribution is 7.89. The van der Waals surface area contributed by atoms with Gasteiger partial charge in [-0.25, -0.2) is 13.1 Å². The summed E-state index contributed by atoms with van der Waals surface area (Å²) in [6, 6.07) is 13.9. The van der Waals surface area contributed by atoms with E-state index in [-0.39, 0.29) is 17.3 Å². The number of rotatable bonds is 8. The van der Waals surface area contributed by atoms with Gasteiger partial charge in [0.25, 0.3) is 5.91 Å². The molecule has 1 aromatic heterocycles. The number of amides is 1. The minimum atomic E-state index is -3.75. The number of nitrogens with one attached hydrogen (secondary N) is 2. The lowest BCUT2D eigenvalue weighted by Crippen LogP contribution is -2.28. The first-order valence-corrected chi connectivity index (χ1v) is 12.8. The van der Waals surface area contributed by atoms with Crippen LogP contribution in [0.15, 0.2) is 53.4 Å². The van der Waals surface area contributed by atoms with E-state index in [1.807, 2.05) is 30.3 Å². The number of carbonyl (C=O) groups is 1. The van der Waals surface area contributed by atoms with Crippen LogP contribution in [0.25, 0.3) is 0 Å². The molecule has 0 unspecified atom stereocenters. The second-order valence-corrected chi connectivity index (χ2v) is 10.1. The van der Waals surface area contributed by atoms with Crippen LogP contribution < -0.4 is 10.0 Å². The third kappa shape index (κ3) is 5.66. The number of aryl methyl sites for hydroxylation is 2. The summed E-state index contributed by atoms with van der Waals surface area (Å²) in [5.41, 5.74) is 1.92. The second kappa shape index (κ2) is 10.3. The third-order valence-electron chi connectivity index (χ3n) is 5.89. The van der Waals surface area contributed by atoms with Crippen molar-refractivity contribution in [2.24, 2.45) is 0 Å². The van der Waals surface area contributed by atoms with Gasteiger partial charge in [0, 0.05) is 38.0 Å². The molecule has 33 heavy (non-hydrogen) atoms. The normalized spacial score (nSPS) is 13.8. The third-order valence-corrected chi connectivity index (χ3v) is 7.29. The summed E-state index contributed by atoms with van der Waals surface area (Å²) in [6.45, 7) is 3.29. The highest BCUT2D eigenvalue weighted by atomic mass is 32.2. The van der Waals surface area contributed by atoms with Gasteiger partial charge in [0.05, 0.1) is 4.90 Å². The lowest BCUT2D eigenvalue weighted by molar-refractivity contribution is 0.0953. The molecule has 8 nitrogen and oxygen atoms in total. The van der Waals surface area contributed by atoms with E-state index >= 15 is 0 Å². The van der Waals surface area contributed by atoms with Crippen LogP contribution in [-0.2, 0) is 36.0 Å². The van der Waals surface area contributed by atoms with Crippen molar-refractivity contribution in [3.63, 3.8) is 0 Å². The summed E-state index contributed by atoms with van der Waals surface area (Å²) < 4.78 is 30.3. The molecule has 0 atom stereocenters. The standard InChI is InChI=1S/C24H29N5O3S/c1-18-11-12-20(33(31,32)26-17-19-8-4-2-5-9-19)16-21(18)24(30)25-14-13-23-28-27-22-10-6-3-7-15-29(22)23/h2,4-5,8-9,11-12,16,26H,3,6-7,10,13-15,17H2,1H3,(H,25,30). The molecule has 0 aliphatic carbocycles. The van der Waals surface area contributed by atoms with Crippen LogP contribution in [0, 0.1) is 6.92 Å². The Bertz CT molecular complexity index is 1220. The maximum Gasteiger partial charge on any atom is 0.251 e. The predicted molar refractivity (Wildman–Crippen MR) is 125 cm³/mol. The molecule has 0 bridgehead atoms. The molecule has 2 N–H and O–H groups in total. The number of hydrogen-bond acceptors (Lipinski definition) is 5. The highest BCUT2D eigenvalue weighted by Crippen LogP contribution is 2.17. The molecular formula is C24H29N5O3S. The number of carbonyl (C=O) groups excluding carboxylic acids is 1. The predicted octanol–water partition coefficient (Wildman–Crippen LogP) is 2.76. The quantitative estimate of drug-likeness (QED) is 0.530. The Morgan fingerprint density at radius 1 is 1.06 bits per heavy atom. The summed E-state index contributed by atoms with van der Waals surface area (Å²) in [5.74, 6) is 1.60. The average Bonchev–Trinajstić information content (AvgIpc) is 3.04. The molecule has 0 saturated carbocycles. The molecule has 0 spiro atoms. The number of nitrogens with zero attached hydrogens (tertiary/aromatic N) is 3. The first-order valence-electron chi connectivity index (χ1n) is 11.3. The highest BCUT2D eigenvalue weighted by Gasteiger charge is 2.19. The van der Waals surface area contributed by atoms with E-state index < -0.39 is 10.0 Å². The van der Waals surface area contributed by atoms with Gasteiger partial charge in [-0.3, -0.25) is 4.79 Å². The molecule has 4 rings (SSSR count). The lowest BCUT2D eigenvalue weighted by Gasteiger charge is -2.12. The fourth-order valence-corrected chi connectivity index (χ4v) is 5.03. The zero-order valence-electron chi connectivity index (χ0n) is 18.8. The van der Waals surface area contributed by atoms with E-state index in [9.17, 15) is 13.2 Å². The van der Waals surface area contributed by atoms with Gasteiger partial charge in [-0.2, -0.15) is 0 Å². The molecule has 9 heteroatoms. The monoisotopic (exact) mass is 467 g/mol. The smallest absolute Gasteiger partial charge is 0.251 e. The molecule has 0 saturated heterocycles. The van der Waals surface area contributed by atoms with Crippen molar-refractivity contribution in [1.29, 1.82) is 0 Å². The summed E-state index contributed by atoms with van der Waals surface area (Å²) in [7, 11) is -3.75. The first kappa shape index (κ1) is 23.1. The van der Waals surface area contributed by atoms with Gasteiger partial charge in [-0.1, -0.05) is 42.8 Å². The topological polar surface area (TPSA) is 106 Å². The van der Waals surface area contributed by atoms with Crippen LogP contribution in [0.2, 0.25) is 0 Å². The van der Waals surface area contributed by atoms with Crippen molar-refractivity contribution in [3.8, 4) is 0 Å². The Morgan fingerprint density at radius 3 is 2.70 bits per heavy atom. The molecule has 2 heterocycles. The van der Waals surface area contributed by atoms with Crippen molar-refractivity contribution < 1.29 is 13.2 Å². The fourth-order valence-electron chi connectivity index (χ4n) is 3.98. The van der Waals surface area contributed by atoms with Crippen molar-refractivity contribution in [2.75, 3.05) is 6.54 Å². The Hall–Kier alpha value is -3.04. The molecule has 1 aliphatic heterocycles. The van der Waals surface area contributed by atoms with Crippen LogP contribution in [-0.4, -0.2) is 35.6 Å². The minimum Gasteiger partial charge on any atom is -0.352 e. The van der Waals surface area contributed by atoms with Crippen LogP contribution in [0.1, 0.15) is 52.4 Å². The van der Waals surface area contributed by atoms with Gasteiger partial charge in [0.2, 0.25) is 10.0 Å². The number of fused-ring (bicyclic) bond motifs is 1. The van der Waals surface area contributed by atoms with E-state index in [0.29, 0.717) is 24.1 Å². The molecule has 2 aromatic carbocycles. The van der Waals surface area contributed by atoms with Gasteiger partial charge < -0.3 is 9.88 Å². The molecule has 174 valence electrons. The van der Waals surface area contributed by atoms with Crippen molar-refractivity contribution in [3.05, 3.63) is 76.9 Å². The maximum atomic E-state index is 12.8. The molecule has 1 amide bonds. The summed E-state index contributed by atoms with van der Waals surface area (Å²) in [5, 5.41) is 11.5. The van der Waals surface area contributed by atoms with Gasteiger partial charge >= 0.3 is 0 Å². The van der Waals surface area contributed by atoms with Gasteiger partial charge in [0.1, 0.15) is 11.6 Å². The van der Waals surface area contributed by atoms with Crippen molar-refractivity contribution in [1.82, 2.24) is 24.8 Å². The fraction of sp³-hybridized carbons (Fsp3) is 0.375. The van der Waals surface area contributed by atoms with Crippen molar-refractivity contribution >= 4 is 15.9 Å². The Balaban J connectivity index is 1.40. The minimum absolute atomic E-state index is 0.0666. The van der Waals surface area contributed by atoms with E-state index in [0.717, 1.165) is 43.0 Å². The van der Waals surface area contributed by atoms with E-state index in [1.54, 1.807) is 13.0 Å². The van der Waals surface area contributed by atoms with E-state index in [4.69, 9.17) is 0 Å². The van der Waals surface area contributed by atoms with Crippen LogP contribution in [0.4, 0.5) is 0 Å². The first-order chi connectivity index (χ1) is 15.9. The van der Waals surface area contributed by atoms with E-state index in [2.05, 4.69) is 24.8 Å². The summed E-state index contributed by atoms with van der Waals surface area (Å²) >= 11 is 0. The molecule has 0 radical (unpaired) electrons. The van der Waals surface area contributed by atoms with Crippen LogP contribution in [0.5, 0.6) is 0 Å². The van der Waals surface area contributed by atoms with Crippen LogP contribution >= 0.6 is 0 Å². The molecule has 3 aromatic rings. The van der Waals surface area contributed by atoms with Crippen LogP contribution in [0.3, 0.4) is 0 Å². The van der Waals surface area contributed by atoms with E-state index in [1.165, 1.54) is 18.6 Å². The summed E-state index contributed by atoms with van der Waals surface area (Å²) in [4.78, 5) is 12.9. The lowest BCUT2D eigenvalue weighted by atomic mass is 10.1. The SMILES string of the molecule is Cc1ccc(S(=O)(=O)NCc2ccccc2)cc1C(=O)NCCc1nnc2n1CCCCC2. The Kier molecular flexibility index (Phi) is 7.20. The molecule has 0 fully saturated rings. The average molecular weight is 468 g/mol. The maximum absolute atomic E-state index is 12.8. The second-order valence-electron chi connectivity index (χ2n) is 8.29. The number of aromatic nitrogens is 3. The Labute approximate surface area is 194 Å². The number of sulfonamides is 1. The zero-order valence-corrected chi connectivity index (χ0v) is 19.6. The van der Waals surface area contributed by atoms with Gasteiger partial charge in [0.15, 0.2) is 0 Å². The summed E-state index contributed by atoms with van der Waals surface area (Å²) in [6.07, 6.45) is 4.96. The zero-order chi connectivity index (χ0) is 23.3. The molecule has 1 aliphatic rings. The largest absolute Gasteiger partial charge is 0.352 e. The number of benzene rings is 2. The van der Waals surface area contributed by atoms with Gasteiger partial charge in [-0.05, 0) is 43.0 Å².